The first-order valence-corrected chi connectivity index (χ1v) is 5.68. The highest BCUT2D eigenvalue weighted by molar-refractivity contribution is 9.10. The average Bonchev–Trinajstić information content (AvgIpc) is 2.44. The van der Waals surface area contributed by atoms with Crippen LogP contribution in [0.15, 0.2) is 22.7 Å². The van der Waals surface area contributed by atoms with Gasteiger partial charge in [0.15, 0.2) is 0 Å². The third-order valence-electron chi connectivity index (χ3n) is 2.89. The average molecular weight is 252 g/mol. The van der Waals surface area contributed by atoms with Gasteiger partial charge in [-0.05, 0) is 47.0 Å². The first-order chi connectivity index (χ1) is 6.65. The van der Waals surface area contributed by atoms with Crippen molar-refractivity contribution in [1.29, 1.82) is 0 Å². The van der Waals surface area contributed by atoms with Crippen LogP contribution in [0.4, 0.5) is 0 Å². The van der Waals surface area contributed by atoms with Crippen molar-refractivity contribution in [1.82, 2.24) is 4.57 Å². The van der Waals surface area contributed by atoms with Gasteiger partial charge in [0.2, 0.25) is 0 Å². The Morgan fingerprint density at radius 1 is 1.36 bits per heavy atom. The lowest BCUT2D eigenvalue weighted by Crippen LogP contribution is -1.89. The summed E-state index contributed by atoms with van der Waals surface area (Å²) in [4.78, 5) is 0. The van der Waals surface area contributed by atoms with Gasteiger partial charge >= 0.3 is 0 Å². The maximum atomic E-state index is 3.64. The molecule has 74 valence electrons. The minimum absolute atomic E-state index is 1.09. The maximum absolute atomic E-state index is 3.64. The second-order valence-electron chi connectivity index (χ2n) is 3.66. The number of nitrogens with zero attached hydrogens (tertiary/aromatic N) is 1. The second-order valence-corrected chi connectivity index (χ2v) is 4.46. The van der Waals surface area contributed by atoms with Gasteiger partial charge in [-0.3, -0.25) is 0 Å². The molecule has 0 saturated heterocycles. The third kappa shape index (κ3) is 1.29. The van der Waals surface area contributed by atoms with E-state index in [2.05, 4.69) is 59.6 Å². The van der Waals surface area contributed by atoms with Crippen LogP contribution in [0, 0.1) is 6.92 Å². The van der Waals surface area contributed by atoms with Crippen molar-refractivity contribution in [2.45, 2.75) is 20.3 Å². The van der Waals surface area contributed by atoms with Gasteiger partial charge in [-0.25, -0.2) is 0 Å². The minimum Gasteiger partial charge on any atom is -0.347 e. The number of hydrogen-bond donors (Lipinski definition) is 0. The zero-order chi connectivity index (χ0) is 10.3. The zero-order valence-electron chi connectivity index (χ0n) is 8.76. The third-order valence-corrected chi connectivity index (χ3v) is 3.89. The molecule has 0 saturated carbocycles. The van der Waals surface area contributed by atoms with Crippen LogP contribution in [-0.4, -0.2) is 4.57 Å². The molecule has 0 bridgehead atoms. The Kier molecular flexibility index (Phi) is 2.40. The lowest BCUT2D eigenvalue weighted by atomic mass is 10.1. The molecule has 1 heterocycles. The van der Waals surface area contributed by atoms with Crippen LogP contribution in [0.25, 0.3) is 10.9 Å². The van der Waals surface area contributed by atoms with Crippen molar-refractivity contribution in [2.75, 3.05) is 0 Å². The molecule has 14 heavy (non-hydrogen) atoms. The molecule has 2 aromatic rings. The number of fused-ring (bicyclic) bond motifs is 1. The zero-order valence-corrected chi connectivity index (χ0v) is 10.4. The highest BCUT2D eigenvalue weighted by Gasteiger charge is 2.08. The van der Waals surface area contributed by atoms with Gasteiger partial charge in [0, 0.05) is 28.1 Å². The van der Waals surface area contributed by atoms with Crippen molar-refractivity contribution >= 4 is 26.8 Å². The van der Waals surface area contributed by atoms with Crippen molar-refractivity contribution in [3.8, 4) is 0 Å². The summed E-state index contributed by atoms with van der Waals surface area (Å²) in [6, 6.07) is 6.67. The normalized spacial score (nSPS) is 11.1. The minimum atomic E-state index is 1.09. The first kappa shape index (κ1) is 9.78. The molecule has 0 aliphatic heterocycles. The van der Waals surface area contributed by atoms with Crippen molar-refractivity contribution in [3.63, 3.8) is 0 Å². The van der Waals surface area contributed by atoms with E-state index in [1.54, 1.807) is 0 Å². The van der Waals surface area contributed by atoms with E-state index in [4.69, 9.17) is 0 Å². The summed E-state index contributed by atoms with van der Waals surface area (Å²) in [5, 5.41) is 1.32. The van der Waals surface area contributed by atoms with E-state index in [-0.39, 0.29) is 0 Å². The second kappa shape index (κ2) is 3.43. The van der Waals surface area contributed by atoms with E-state index in [0.717, 1.165) is 6.42 Å². The van der Waals surface area contributed by atoms with Gasteiger partial charge in [0.25, 0.3) is 0 Å². The maximum Gasteiger partial charge on any atom is 0.0491 e. The first-order valence-electron chi connectivity index (χ1n) is 4.88. The molecule has 0 amide bonds. The molecule has 1 aromatic heterocycles. The smallest absolute Gasteiger partial charge is 0.0491 e. The standard InChI is InChI=1S/C12H14BrN/c1-4-9-5-6-11-10(7-9)12(13)8(2)14(11)3/h5-7H,4H2,1-3H3. The summed E-state index contributed by atoms with van der Waals surface area (Å²) in [7, 11) is 2.11. The predicted molar refractivity (Wildman–Crippen MR) is 64.7 cm³/mol. The van der Waals surface area contributed by atoms with Gasteiger partial charge in [0.1, 0.15) is 0 Å². The Hall–Kier alpha value is -0.760. The SMILES string of the molecule is CCc1ccc2c(c1)c(Br)c(C)n2C. The number of rotatable bonds is 1. The molecule has 0 N–H and O–H groups in total. The molecule has 0 aliphatic rings. The number of halogens is 1. The number of aryl methyl sites for hydroxylation is 2. The highest BCUT2D eigenvalue weighted by Crippen LogP contribution is 2.30. The van der Waals surface area contributed by atoms with Gasteiger partial charge in [0.05, 0.1) is 0 Å². The van der Waals surface area contributed by atoms with Crippen LogP contribution < -0.4 is 0 Å². The number of aromatic nitrogens is 1. The van der Waals surface area contributed by atoms with E-state index < -0.39 is 0 Å². The Balaban J connectivity index is 2.82. The monoisotopic (exact) mass is 251 g/mol. The molecule has 1 aromatic carbocycles. The fraction of sp³-hybridized carbons (Fsp3) is 0.333. The highest BCUT2D eigenvalue weighted by atomic mass is 79.9. The van der Waals surface area contributed by atoms with Crippen molar-refractivity contribution < 1.29 is 0 Å². The van der Waals surface area contributed by atoms with Crippen LogP contribution in [0.2, 0.25) is 0 Å². The molecule has 2 rings (SSSR count). The summed E-state index contributed by atoms with van der Waals surface area (Å²) in [5.74, 6) is 0. The summed E-state index contributed by atoms with van der Waals surface area (Å²) >= 11 is 3.64. The lowest BCUT2D eigenvalue weighted by Gasteiger charge is -1.99. The summed E-state index contributed by atoms with van der Waals surface area (Å²) < 4.78 is 3.45. The van der Waals surface area contributed by atoms with E-state index in [1.807, 2.05) is 0 Å². The molecule has 0 spiro atoms. The summed E-state index contributed by atoms with van der Waals surface area (Å²) in [6.07, 6.45) is 1.09. The van der Waals surface area contributed by atoms with Crippen molar-refractivity contribution in [3.05, 3.63) is 33.9 Å². The van der Waals surface area contributed by atoms with E-state index in [0.29, 0.717) is 0 Å². The topological polar surface area (TPSA) is 4.93 Å². The fourth-order valence-electron chi connectivity index (χ4n) is 1.79. The molecule has 2 heteroatoms. The molecule has 1 nitrogen and oxygen atoms in total. The Morgan fingerprint density at radius 3 is 2.71 bits per heavy atom. The molecular formula is C12H14BrN. The summed E-state index contributed by atoms with van der Waals surface area (Å²) in [5.41, 5.74) is 3.98. The molecule has 0 radical (unpaired) electrons. The van der Waals surface area contributed by atoms with Gasteiger partial charge in [-0.2, -0.15) is 0 Å². The Bertz CT molecular complexity index is 483. The van der Waals surface area contributed by atoms with E-state index >= 15 is 0 Å². The Morgan fingerprint density at radius 2 is 2.07 bits per heavy atom. The summed E-state index contributed by atoms with van der Waals surface area (Å²) in [6.45, 7) is 4.32. The van der Waals surface area contributed by atoms with E-state index in [1.165, 1.54) is 26.6 Å². The predicted octanol–water partition coefficient (Wildman–Crippen LogP) is 3.81. The lowest BCUT2D eigenvalue weighted by molar-refractivity contribution is 0.914. The quantitative estimate of drug-likeness (QED) is 0.727. The molecule has 0 atom stereocenters. The van der Waals surface area contributed by atoms with Crippen molar-refractivity contribution in [2.24, 2.45) is 7.05 Å². The van der Waals surface area contributed by atoms with Crippen LogP contribution in [0.1, 0.15) is 18.2 Å². The fourth-order valence-corrected chi connectivity index (χ4v) is 2.38. The molecular weight excluding hydrogens is 238 g/mol. The molecule has 0 fully saturated rings. The molecule has 0 aliphatic carbocycles. The van der Waals surface area contributed by atoms with Gasteiger partial charge < -0.3 is 4.57 Å². The largest absolute Gasteiger partial charge is 0.347 e. The number of benzene rings is 1. The molecule has 0 unspecified atom stereocenters. The van der Waals surface area contributed by atoms with Crippen LogP contribution in [-0.2, 0) is 13.5 Å². The Labute approximate surface area is 92.9 Å². The van der Waals surface area contributed by atoms with E-state index in [9.17, 15) is 0 Å². The number of hydrogen-bond acceptors (Lipinski definition) is 0. The van der Waals surface area contributed by atoms with Gasteiger partial charge in [-0.15, -0.1) is 0 Å². The van der Waals surface area contributed by atoms with Crippen LogP contribution in [0.5, 0.6) is 0 Å². The van der Waals surface area contributed by atoms with Crippen LogP contribution in [0.3, 0.4) is 0 Å². The van der Waals surface area contributed by atoms with Crippen LogP contribution >= 0.6 is 15.9 Å². The van der Waals surface area contributed by atoms with Gasteiger partial charge in [-0.1, -0.05) is 13.0 Å².